The first-order valence-corrected chi connectivity index (χ1v) is 5.63. The highest BCUT2D eigenvalue weighted by Gasteiger charge is 2.24. The number of aliphatic hydroxyl groups excluding tert-OH is 1. The van der Waals surface area contributed by atoms with Gasteiger partial charge in [0.2, 0.25) is 0 Å². The minimum absolute atomic E-state index is 0.167. The highest BCUT2D eigenvalue weighted by molar-refractivity contribution is 5.96. The van der Waals surface area contributed by atoms with Crippen molar-refractivity contribution in [3.8, 4) is 0 Å². The normalized spacial score (nSPS) is 26.4. The van der Waals surface area contributed by atoms with Crippen molar-refractivity contribution < 1.29 is 9.90 Å². The molecule has 1 saturated carbocycles. The number of carbonyl (C=O) groups excluding carboxylic acids is 1. The van der Waals surface area contributed by atoms with Gasteiger partial charge in [0, 0.05) is 18.4 Å². The second-order valence-corrected chi connectivity index (χ2v) is 4.12. The van der Waals surface area contributed by atoms with Gasteiger partial charge in [-0.3, -0.25) is 4.79 Å². The second kappa shape index (κ2) is 5.18. The van der Waals surface area contributed by atoms with Crippen molar-refractivity contribution in [1.82, 2.24) is 0 Å². The van der Waals surface area contributed by atoms with E-state index in [0.717, 1.165) is 25.7 Å². The van der Waals surface area contributed by atoms with Gasteiger partial charge >= 0.3 is 0 Å². The third kappa shape index (κ3) is 2.60. The predicted octanol–water partition coefficient (Wildman–Crippen LogP) is 3.38. The van der Waals surface area contributed by atoms with Crippen molar-refractivity contribution in [2.24, 2.45) is 5.92 Å². The fourth-order valence-corrected chi connectivity index (χ4v) is 2.01. The molecular formula is C12H20O2. The molecule has 1 aliphatic carbocycles. The quantitative estimate of drug-likeness (QED) is 0.555. The van der Waals surface area contributed by atoms with Gasteiger partial charge in [-0.2, -0.15) is 0 Å². The minimum Gasteiger partial charge on any atom is -0.512 e. The molecule has 0 aromatic heterocycles. The molecule has 0 saturated heterocycles. The summed E-state index contributed by atoms with van der Waals surface area (Å²) in [4.78, 5) is 11.6. The smallest absolute Gasteiger partial charge is 0.162 e. The summed E-state index contributed by atoms with van der Waals surface area (Å²) in [6, 6.07) is 0. The van der Waals surface area contributed by atoms with Gasteiger partial charge in [-0.25, -0.2) is 0 Å². The van der Waals surface area contributed by atoms with Crippen LogP contribution in [-0.4, -0.2) is 10.9 Å². The van der Waals surface area contributed by atoms with Gasteiger partial charge in [-0.15, -0.1) is 0 Å². The summed E-state index contributed by atoms with van der Waals surface area (Å²) in [5, 5.41) is 9.72. The lowest BCUT2D eigenvalue weighted by Gasteiger charge is -2.22. The molecule has 0 aromatic rings. The molecule has 1 rings (SSSR count). The van der Waals surface area contributed by atoms with E-state index in [1.54, 1.807) is 0 Å². The van der Waals surface area contributed by atoms with E-state index < -0.39 is 0 Å². The molecule has 14 heavy (non-hydrogen) atoms. The first-order valence-electron chi connectivity index (χ1n) is 5.63. The van der Waals surface area contributed by atoms with Crippen LogP contribution in [0.25, 0.3) is 0 Å². The maximum atomic E-state index is 11.6. The monoisotopic (exact) mass is 196 g/mol. The molecule has 2 heteroatoms. The maximum absolute atomic E-state index is 11.6. The van der Waals surface area contributed by atoms with Crippen LogP contribution in [0.15, 0.2) is 11.3 Å². The third-order valence-corrected chi connectivity index (χ3v) is 3.02. The zero-order valence-corrected chi connectivity index (χ0v) is 9.18. The summed E-state index contributed by atoms with van der Waals surface area (Å²) in [7, 11) is 0. The Bertz CT molecular complexity index is 241. The van der Waals surface area contributed by atoms with E-state index in [1.165, 1.54) is 0 Å². The van der Waals surface area contributed by atoms with Crippen LogP contribution in [-0.2, 0) is 4.79 Å². The van der Waals surface area contributed by atoms with Crippen molar-refractivity contribution in [2.75, 3.05) is 0 Å². The Morgan fingerprint density at radius 2 is 2.21 bits per heavy atom. The Hall–Kier alpha value is -0.790. The molecule has 80 valence electrons. The first-order chi connectivity index (χ1) is 6.69. The van der Waals surface area contributed by atoms with Gasteiger partial charge in [0.1, 0.15) is 0 Å². The fourth-order valence-electron chi connectivity index (χ4n) is 2.01. The molecule has 1 unspecified atom stereocenters. The number of Topliss-reactive ketones (excluding diaryl/α,β-unsaturated/α-hetero) is 1. The molecule has 0 heterocycles. The summed E-state index contributed by atoms with van der Waals surface area (Å²) in [5.41, 5.74) is 0.713. The van der Waals surface area contributed by atoms with Crippen LogP contribution < -0.4 is 0 Å². The molecule has 1 aliphatic rings. The number of rotatable bonds is 3. The average Bonchev–Trinajstić information content (AvgIpc) is 2.19. The summed E-state index contributed by atoms with van der Waals surface area (Å²) in [6.07, 6.45) is 5.08. The number of aliphatic hydroxyl groups is 1. The van der Waals surface area contributed by atoms with E-state index in [4.69, 9.17) is 0 Å². The third-order valence-electron chi connectivity index (χ3n) is 3.02. The van der Waals surface area contributed by atoms with Gasteiger partial charge in [-0.1, -0.05) is 20.3 Å². The number of hydrogen-bond donors (Lipinski definition) is 1. The van der Waals surface area contributed by atoms with E-state index in [2.05, 4.69) is 6.92 Å². The van der Waals surface area contributed by atoms with Crippen molar-refractivity contribution in [3.63, 3.8) is 0 Å². The highest BCUT2D eigenvalue weighted by atomic mass is 16.3. The summed E-state index contributed by atoms with van der Waals surface area (Å²) in [5.74, 6) is 1.11. The zero-order valence-electron chi connectivity index (χ0n) is 9.18. The average molecular weight is 196 g/mol. The van der Waals surface area contributed by atoms with Crippen LogP contribution in [0, 0.1) is 5.92 Å². The number of allylic oxidation sites excluding steroid dienone is 2. The molecule has 0 bridgehead atoms. The van der Waals surface area contributed by atoms with Crippen LogP contribution in [0.5, 0.6) is 0 Å². The van der Waals surface area contributed by atoms with Gasteiger partial charge in [0.25, 0.3) is 0 Å². The van der Waals surface area contributed by atoms with Gasteiger partial charge < -0.3 is 5.11 Å². The minimum atomic E-state index is 0.167. The molecule has 0 aliphatic heterocycles. The van der Waals surface area contributed by atoms with Gasteiger partial charge in [0.15, 0.2) is 5.78 Å². The molecule has 0 amide bonds. The van der Waals surface area contributed by atoms with Gasteiger partial charge in [0.05, 0.1) is 5.76 Å². The highest BCUT2D eigenvalue weighted by Crippen LogP contribution is 2.30. The largest absolute Gasteiger partial charge is 0.512 e. The summed E-state index contributed by atoms with van der Waals surface area (Å²) >= 11 is 0. The lowest BCUT2D eigenvalue weighted by atomic mass is 9.82. The maximum Gasteiger partial charge on any atom is 0.162 e. The van der Waals surface area contributed by atoms with Crippen LogP contribution in [0.1, 0.15) is 52.4 Å². The molecular weight excluding hydrogens is 176 g/mol. The molecule has 0 spiro atoms. The van der Waals surface area contributed by atoms with Crippen LogP contribution >= 0.6 is 0 Å². The Morgan fingerprint density at radius 1 is 1.50 bits per heavy atom. The van der Waals surface area contributed by atoms with Crippen molar-refractivity contribution >= 4 is 5.78 Å². The lowest BCUT2D eigenvalue weighted by molar-refractivity contribution is -0.117. The van der Waals surface area contributed by atoms with Crippen molar-refractivity contribution in [2.45, 2.75) is 52.4 Å². The number of hydrogen-bond acceptors (Lipinski definition) is 2. The summed E-state index contributed by atoms with van der Waals surface area (Å²) in [6.45, 7) is 4.16. The van der Waals surface area contributed by atoms with Gasteiger partial charge in [-0.05, 0) is 25.2 Å². The summed E-state index contributed by atoms with van der Waals surface area (Å²) < 4.78 is 0. The Labute approximate surface area is 86.0 Å². The number of carbonyl (C=O) groups is 1. The van der Waals surface area contributed by atoms with Crippen molar-refractivity contribution in [3.05, 3.63) is 11.3 Å². The predicted molar refractivity (Wildman–Crippen MR) is 57.2 cm³/mol. The topological polar surface area (TPSA) is 37.3 Å². The molecule has 1 fully saturated rings. The first kappa shape index (κ1) is 11.3. The lowest BCUT2D eigenvalue weighted by Crippen LogP contribution is -2.18. The van der Waals surface area contributed by atoms with Crippen LogP contribution in [0.4, 0.5) is 0 Å². The molecule has 0 aromatic carbocycles. The van der Waals surface area contributed by atoms with E-state index in [-0.39, 0.29) is 5.78 Å². The van der Waals surface area contributed by atoms with E-state index >= 15 is 0 Å². The zero-order chi connectivity index (χ0) is 10.6. The fraction of sp³-hybridized carbons (Fsp3) is 0.750. The van der Waals surface area contributed by atoms with Crippen LogP contribution in [0.2, 0.25) is 0 Å². The Morgan fingerprint density at radius 3 is 2.79 bits per heavy atom. The van der Waals surface area contributed by atoms with Crippen molar-refractivity contribution in [1.29, 1.82) is 0 Å². The Balaban J connectivity index is 2.73. The number of ketones is 1. The molecule has 1 atom stereocenters. The Kier molecular flexibility index (Phi) is 4.18. The van der Waals surface area contributed by atoms with E-state index in [1.807, 2.05) is 6.92 Å². The standard InChI is InChI=1S/C12H20O2/c1-3-5-11(13)10-8-9(4-2)6-7-12(10)14/h9,13H,3-8H2,1-2H3. The SMILES string of the molecule is CCCC(O)=C1CC(CC)CCC1=O. The molecule has 0 radical (unpaired) electrons. The molecule has 1 N–H and O–H groups in total. The van der Waals surface area contributed by atoms with E-state index in [0.29, 0.717) is 30.1 Å². The van der Waals surface area contributed by atoms with E-state index in [9.17, 15) is 9.90 Å². The molecule has 2 nitrogen and oxygen atoms in total. The second-order valence-electron chi connectivity index (χ2n) is 4.12. The van der Waals surface area contributed by atoms with Crippen LogP contribution in [0.3, 0.4) is 0 Å².